The highest BCUT2D eigenvalue weighted by molar-refractivity contribution is 6.30. The van der Waals surface area contributed by atoms with E-state index in [0.717, 1.165) is 5.56 Å². The maximum Gasteiger partial charge on any atom is 0.220 e. The van der Waals surface area contributed by atoms with Crippen molar-refractivity contribution < 1.29 is 9.90 Å². The summed E-state index contributed by atoms with van der Waals surface area (Å²) in [6.07, 6.45) is 0.843. The fraction of sp³-hybridized carbons (Fsp3) is 0.417. The molecule has 0 aromatic heterocycles. The van der Waals surface area contributed by atoms with Gasteiger partial charge in [0.2, 0.25) is 5.91 Å². The van der Waals surface area contributed by atoms with Crippen LogP contribution in [0, 0.1) is 0 Å². The molecule has 0 spiro atoms. The summed E-state index contributed by atoms with van der Waals surface area (Å²) >= 11 is 5.86. The first kappa shape index (κ1) is 13.0. The van der Waals surface area contributed by atoms with E-state index in [4.69, 9.17) is 16.7 Å². The van der Waals surface area contributed by atoms with Gasteiger partial charge in [-0.05, 0) is 31.0 Å². The summed E-state index contributed by atoms with van der Waals surface area (Å²) in [5, 5.41) is 12.1. The highest BCUT2D eigenvalue weighted by atomic mass is 35.5. The molecule has 0 saturated heterocycles. The Morgan fingerprint density at radius 2 is 2.31 bits per heavy atom. The van der Waals surface area contributed by atoms with Crippen LogP contribution >= 0.6 is 11.6 Å². The molecular formula is C12H16ClNO2. The number of nitrogens with one attached hydrogen (secondary N) is 1. The highest BCUT2D eigenvalue weighted by Crippen LogP contribution is 2.17. The maximum absolute atomic E-state index is 11.4. The van der Waals surface area contributed by atoms with Crippen LogP contribution in [-0.4, -0.2) is 17.6 Å². The van der Waals surface area contributed by atoms with E-state index in [-0.39, 0.29) is 18.6 Å². The van der Waals surface area contributed by atoms with E-state index in [0.29, 0.717) is 17.9 Å². The molecule has 0 unspecified atom stereocenters. The smallest absolute Gasteiger partial charge is 0.220 e. The van der Waals surface area contributed by atoms with Gasteiger partial charge in [-0.25, -0.2) is 0 Å². The fourth-order valence-corrected chi connectivity index (χ4v) is 1.61. The number of rotatable bonds is 5. The van der Waals surface area contributed by atoms with Gasteiger partial charge >= 0.3 is 0 Å². The number of hydrogen-bond donors (Lipinski definition) is 2. The second-order valence-electron chi connectivity index (χ2n) is 3.67. The zero-order valence-corrected chi connectivity index (χ0v) is 10.00. The normalized spacial score (nSPS) is 12.2. The Labute approximate surface area is 100 Å². The number of aliphatic hydroxyl groups is 1. The summed E-state index contributed by atoms with van der Waals surface area (Å²) in [6, 6.07) is 7.34. The van der Waals surface area contributed by atoms with Crippen LogP contribution in [0.25, 0.3) is 0 Å². The first-order valence-corrected chi connectivity index (χ1v) is 5.67. The van der Waals surface area contributed by atoms with Gasteiger partial charge in [0.1, 0.15) is 0 Å². The molecule has 0 radical (unpaired) electrons. The predicted molar refractivity (Wildman–Crippen MR) is 64.3 cm³/mol. The molecule has 0 aliphatic rings. The minimum Gasteiger partial charge on any atom is -0.396 e. The molecule has 0 heterocycles. The molecule has 16 heavy (non-hydrogen) atoms. The van der Waals surface area contributed by atoms with Crippen molar-refractivity contribution in [3.8, 4) is 0 Å². The van der Waals surface area contributed by atoms with Gasteiger partial charge in [-0.15, -0.1) is 0 Å². The summed E-state index contributed by atoms with van der Waals surface area (Å²) in [4.78, 5) is 11.4. The predicted octanol–water partition coefficient (Wildman–Crippen LogP) is 2.29. The van der Waals surface area contributed by atoms with E-state index in [1.807, 2.05) is 25.1 Å². The van der Waals surface area contributed by atoms with Gasteiger partial charge in [-0.3, -0.25) is 4.79 Å². The lowest BCUT2D eigenvalue weighted by atomic mass is 10.1. The number of aliphatic hydroxyl groups excluding tert-OH is 1. The number of carbonyl (C=O) groups excluding carboxylic acids is 1. The molecule has 1 amide bonds. The molecule has 1 aromatic carbocycles. The lowest BCUT2D eigenvalue weighted by Crippen LogP contribution is -2.26. The second-order valence-corrected chi connectivity index (χ2v) is 4.11. The van der Waals surface area contributed by atoms with E-state index >= 15 is 0 Å². The molecule has 0 bridgehead atoms. The largest absolute Gasteiger partial charge is 0.396 e. The molecule has 1 atom stereocenters. The van der Waals surface area contributed by atoms with E-state index in [2.05, 4.69) is 5.32 Å². The van der Waals surface area contributed by atoms with Crippen LogP contribution in [0.2, 0.25) is 5.02 Å². The van der Waals surface area contributed by atoms with Crippen molar-refractivity contribution in [3.63, 3.8) is 0 Å². The Kier molecular flexibility index (Phi) is 5.29. The Morgan fingerprint density at radius 3 is 2.94 bits per heavy atom. The van der Waals surface area contributed by atoms with Crippen molar-refractivity contribution in [2.45, 2.75) is 25.8 Å². The number of halogens is 1. The Balaban J connectivity index is 2.52. The molecule has 3 nitrogen and oxygen atoms in total. The number of hydrogen-bond acceptors (Lipinski definition) is 2. The van der Waals surface area contributed by atoms with E-state index in [1.54, 1.807) is 6.07 Å². The van der Waals surface area contributed by atoms with Crippen molar-refractivity contribution in [3.05, 3.63) is 34.9 Å². The lowest BCUT2D eigenvalue weighted by Gasteiger charge is -2.14. The maximum atomic E-state index is 11.4. The summed E-state index contributed by atoms with van der Waals surface area (Å²) in [6.45, 7) is 1.95. The van der Waals surface area contributed by atoms with Gasteiger partial charge in [0, 0.05) is 18.1 Å². The van der Waals surface area contributed by atoms with Gasteiger partial charge in [0.25, 0.3) is 0 Å². The van der Waals surface area contributed by atoms with Gasteiger partial charge in [-0.2, -0.15) is 0 Å². The van der Waals surface area contributed by atoms with Crippen LogP contribution in [0.4, 0.5) is 0 Å². The van der Waals surface area contributed by atoms with E-state index in [9.17, 15) is 4.79 Å². The standard InChI is InChI=1S/C12H16ClNO2/c1-9(14-12(16)6-3-7-15)10-4-2-5-11(13)8-10/h2,4-5,8-9,15H,3,6-7H2,1H3,(H,14,16)/t9-/m1/s1. The minimum atomic E-state index is -0.0649. The first-order chi connectivity index (χ1) is 7.63. The van der Waals surface area contributed by atoms with Crippen LogP contribution in [0.3, 0.4) is 0 Å². The monoisotopic (exact) mass is 241 g/mol. The lowest BCUT2D eigenvalue weighted by molar-refractivity contribution is -0.122. The van der Waals surface area contributed by atoms with E-state index in [1.165, 1.54) is 0 Å². The summed E-state index contributed by atoms with van der Waals surface area (Å²) in [7, 11) is 0. The van der Waals surface area contributed by atoms with Crippen molar-refractivity contribution in [1.82, 2.24) is 5.32 Å². The Morgan fingerprint density at radius 1 is 1.56 bits per heavy atom. The molecule has 0 saturated carbocycles. The molecule has 4 heteroatoms. The Hall–Kier alpha value is -1.06. The van der Waals surface area contributed by atoms with Crippen LogP contribution in [0.5, 0.6) is 0 Å². The molecule has 0 aliphatic heterocycles. The van der Waals surface area contributed by atoms with Gasteiger partial charge < -0.3 is 10.4 Å². The summed E-state index contributed by atoms with van der Waals surface area (Å²) in [5.74, 6) is -0.0541. The van der Waals surface area contributed by atoms with Gasteiger partial charge in [-0.1, -0.05) is 23.7 Å². The molecule has 88 valence electrons. The molecule has 2 N–H and O–H groups in total. The zero-order valence-electron chi connectivity index (χ0n) is 9.24. The average Bonchev–Trinajstić information content (AvgIpc) is 2.26. The highest BCUT2D eigenvalue weighted by Gasteiger charge is 2.09. The van der Waals surface area contributed by atoms with Crippen molar-refractivity contribution in [2.75, 3.05) is 6.61 Å². The van der Waals surface area contributed by atoms with Crippen LogP contribution in [-0.2, 0) is 4.79 Å². The quantitative estimate of drug-likeness (QED) is 0.831. The Bertz CT molecular complexity index is 355. The topological polar surface area (TPSA) is 49.3 Å². The number of carbonyl (C=O) groups is 1. The molecule has 1 aromatic rings. The minimum absolute atomic E-state index is 0.0406. The van der Waals surface area contributed by atoms with Crippen molar-refractivity contribution >= 4 is 17.5 Å². The SMILES string of the molecule is C[C@@H](NC(=O)CCCO)c1cccc(Cl)c1. The molecule has 0 fully saturated rings. The molecule has 0 aliphatic carbocycles. The van der Waals surface area contributed by atoms with Crippen molar-refractivity contribution in [1.29, 1.82) is 0 Å². The van der Waals surface area contributed by atoms with Crippen molar-refractivity contribution in [2.24, 2.45) is 0 Å². The fourth-order valence-electron chi connectivity index (χ4n) is 1.41. The zero-order chi connectivity index (χ0) is 12.0. The van der Waals surface area contributed by atoms with Crippen LogP contribution in [0.15, 0.2) is 24.3 Å². The van der Waals surface area contributed by atoms with Crippen LogP contribution < -0.4 is 5.32 Å². The number of benzene rings is 1. The third-order valence-electron chi connectivity index (χ3n) is 2.29. The van der Waals surface area contributed by atoms with Gasteiger partial charge in [0.05, 0.1) is 6.04 Å². The first-order valence-electron chi connectivity index (χ1n) is 5.29. The van der Waals surface area contributed by atoms with Gasteiger partial charge in [0.15, 0.2) is 0 Å². The summed E-state index contributed by atoms with van der Waals surface area (Å²) < 4.78 is 0. The molecule has 1 rings (SSSR count). The third-order valence-corrected chi connectivity index (χ3v) is 2.52. The summed E-state index contributed by atoms with van der Waals surface area (Å²) in [5.41, 5.74) is 0.977. The molecular weight excluding hydrogens is 226 g/mol. The van der Waals surface area contributed by atoms with Crippen LogP contribution in [0.1, 0.15) is 31.4 Å². The average molecular weight is 242 g/mol. The third kappa shape index (κ3) is 4.21. The van der Waals surface area contributed by atoms with E-state index < -0.39 is 0 Å². The number of amides is 1. The second kappa shape index (κ2) is 6.51.